The van der Waals surface area contributed by atoms with E-state index >= 15 is 0 Å². The zero-order valence-electron chi connectivity index (χ0n) is 11.6. The van der Waals surface area contributed by atoms with Gasteiger partial charge in [0.2, 0.25) is 0 Å². The lowest BCUT2D eigenvalue weighted by Crippen LogP contribution is -2.04. The summed E-state index contributed by atoms with van der Waals surface area (Å²) in [5.74, 6) is 0. The zero-order valence-corrected chi connectivity index (χ0v) is 11.6. The van der Waals surface area contributed by atoms with Crippen LogP contribution in [0.15, 0.2) is 48.7 Å². The van der Waals surface area contributed by atoms with E-state index in [0.717, 1.165) is 22.8 Å². The van der Waals surface area contributed by atoms with Crippen molar-refractivity contribution in [1.82, 2.24) is 15.2 Å². The molecule has 0 saturated carbocycles. The van der Waals surface area contributed by atoms with Gasteiger partial charge in [-0.1, -0.05) is 30.3 Å². The predicted octanol–water partition coefficient (Wildman–Crippen LogP) is 4.47. The molecule has 0 amide bonds. The van der Waals surface area contributed by atoms with Gasteiger partial charge < -0.3 is 0 Å². The zero-order chi connectivity index (χ0) is 15.7. The van der Waals surface area contributed by atoms with Crippen LogP contribution >= 0.6 is 0 Å². The highest BCUT2D eigenvalue weighted by molar-refractivity contribution is 5.71. The van der Waals surface area contributed by atoms with Gasteiger partial charge in [-0.25, -0.2) is 0 Å². The fourth-order valence-electron chi connectivity index (χ4n) is 2.19. The van der Waals surface area contributed by atoms with E-state index in [-0.39, 0.29) is 5.69 Å². The molecule has 1 N–H and O–H groups in total. The molecule has 6 heteroatoms. The number of H-pyrrole nitrogens is 1. The SMILES string of the molecule is Cc1cnc(-c2cc(C(F)(F)F)[nH]n2)cc1-c1ccccc1. The Labute approximate surface area is 124 Å². The number of halogens is 3. The van der Waals surface area contributed by atoms with Crippen molar-refractivity contribution in [3.05, 3.63) is 59.9 Å². The van der Waals surface area contributed by atoms with Crippen LogP contribution < -0.4 is 0 Å². The minimum Gasteiger partial charge on any atom is -0.273 e. The number of pyridine rings is 1. The number of aryl methyl sites for hydroxylation is 1. The lowest BCUT2D eigenvalue weighted by atomic mass is 10.0. The van der Waals surface area contributed by atoms with Crippen LogP contribution in [0, 0.1) is 6.92 Å². The fourth-order valence-corrected chi connectivity index (χ4v) is 2.19. The predicted molar refractivity (Wildman–Crippen MR) is 77.0 cm³/mol. The quantitative estimate of drug-likeness (QED) is 0.759. The van der Waals surface area contributed by atoms with Gasteiger partial charge in [-0.3, -0.25) is 10.1 Å². The molecule has 1 aromatic carbocycles. The molecule has 0 atom stereocenters. The number of alkyl halides is 3. The number of hydrogen-bond donors (Lipinski definition) is 1. The summed E-state index contributed by atoms with van der Waals surface area (Å²) in [6, 6.07) is 12.3. The highest BCUT2D eigenvalue weighted by Crippen LogP contribution is 2.31. The van der Waals surface area contributed by atoms with E-state index in [1.54, 1.807) is 12.3 Å². The molecule has 0 radical (unpaired) electrons. The number of nitrogens with one attached hydrogen (secondary N) is 1. The Bertz CT molecular complexity index is 792. The molecule has 3 aromatic rings. The third-order valence-corrected chi connectivity index (χ3v) is 3.33. The highest BCUT2D eigenvalue weighted by Gasteiger charge is 2.33. The van der Waals surface area contributed by atoms with Crippen molar-refractivity contribution in [2.24, 2.45) is 0 Å². The number of nitrogens with zero attached hydrogens (tertiary/aromatic N) is 2. The van der Waals surface area contributed by atoms with Gasteiger partial charge in [0.1, 0.15) is 11.4 Å². The van der Waals surface area contributed by atoms with Crippen LogP contribution in [-0.2, 0) is 6.18 Å². The molecule has 22 heavy (non-hydrogen) atoms. The number of rotatable bonds is 2. The average Bonchev–Trinajstić information content (AvgIpc) is 2.99. The Kier molecular flexibility index (Phi) is 3.44. The van der Waals surface area contributed by atoms with Crippen molar-refractivity contribution in [1.29, 1.82) is 0 Å². The molecule has 0 bridgehead atoms. The fraction of sp³-hybridized carbons (Fsp3) is 0.125. The van der Waals surface area contributed by atoms with Gasteiger partial charge in [0.15, 0.2) is 0 Å². The largest absolute Gasteiger partial charge is 0.432 e. The Hall–Kier alpha value is -2.63. The van der Waals surface area contributed by atoms with Crippen molar-refractivity contribution >= 4 is 0 Å². The van der Waals surface area contributed by atoms with Gasteiger partial charge in [0.05, 0.1) is 5.69 Å². The second-order valence-electron chi connectivity index (χ2n) is 4.92. The maximum atomic E-state index is 12.6. The number of benzene rings is 1. The molecule has 3 rings (SSSR count). The van der Waals surface area contributed by atoms with Crippen molar-refractivity contribution in [2.45, 2.75) is 13.1 Å². The molecule has 0 aliphatic rings. The molecule has 0 aliphatic carbocycles. The van der Waals surface area contributed by atoms with Crippen LogP contribution in [0.3, 0.4) is 0 Å². The number of aromatic amines is 1. The lowest BCUT2D eigenvalue weighted by Gasteiger charge is -2.07. The Morgan fingerprint density at radius 1 is 1.00 bits per heavy atom. The van der Waals surface area contributed by atoms with Gasteiger partial charge in [0.25, 0.3) is 0 Å². The Balaban J connectivity index is 2.04. The molecule has 3 nitrogen and oxygen atoms in total. The third-order valence-electron chi connectivity index (χ3n) is 3.33. The summed E-state index contributed by atoms with van der Waals surface area (Å²) < 4.78 is 37.9. The summed E-state index contributed by atoms with van der Waals surface area (Å²) in [6.45, 7) is 1.91. The smallest absolute Gasteiger partial charge is 0.273 e. The first-order chi connectivity index (χ1) is 10.4. The summed E-state index contributed by atoms with van der Waals surface area (Å²) in [4.78, 5) is 4.18. The average molecular weight is 303 g/mol. The molecule has 0 saturated heterocycles. The van der Waals surface area contributed by atoms with E-state index in [2.05, 4.69) is 10.1 Å². The maximum absolute atomic E-state index is 12.6. The molecule has 0 aliphatic heterocycles. The van der Waals surface area contributed by atoms with Gasteiger partial charge in [-0.05, 0) is 35.7 Å². The van der Waals surface area contributed by atoms with Crippen molar-refractivity contribution < 1.29 is 13.2 Å². The van der Waals surface area contributed by atoms with E-state index in [0.29, 0.717) is 5.69 Å². The second-order valence-corrected chi connectivity index (χ2v) is 4.92. The minimum absolute atomic E-state index is 0.171. The molecule has 2 aromatic heterocycles. The van der Waals surface area contributed by atoms with Crippen LogP contribution in [0.2, 0.25) is 0 Å². The van der Waals surface area contributed by atoms with Crippen LogP contribution in [0.1, 0.15) is 11.3 Å². The first kappa shape index (κ1) is 14.3. The van der Waals surface area contributed by atoms with Crippen LogP contribution in [0.25, 0.3) is 22.5 Å². The van der Waals surface area contributed by atoms with Crippen molar-refractivity contribution in [3.63, 3.8) is 0 Å². The van der Waals surface area contributed by atoms with Crippen molar-refractivity contribution in [3.8, 4) is 22.5 Å². The molecule has 2 heterocycles. The Morgan fingerprint density at radius 2 is 1.73 bits per heavy atom. The normalized spacial score (nSPS) is 11.6. The van der Waals surface area contributed by atoms with Gasteiger partial charge in [0, 0.05) is 6.20 Å². The molecular weight excluding hydrogens is 291 g/mol. The topological polar surface area (TPSA) is 41.6 Å². The monoisotopic (exact) mass is 303 g/mol. The first-order valence-corrected chi connectivity index (χ1v) is 6.60. The lowest BCUT2D eigenvalue weighted by molar-refractivity contribution is -0.141. The maximum Gasteiger partial charge on any atom is 0.432 e. The van der Waals surface area contributed by atoms with E-state index in [1.165, 1.54) is 0 Å². The second kappa shape index (κ2) is 5.29. The van der Waals surface area contributed by atoms with E-state index < -0.39 is 11.9 Å². The van der Waals surface area contributed by atoms with E-state index in [1.807, 2.05) is 42.4 Å². The first-order valence-electron chi connectivity index (χ1n) is 6.60. The molecule has 0 unspecified atom stereocenters. The van der Waals surface area contributed by atoms with Crippen LogP contribution in [-0.4, -0.2) is 15.2 Å². The number of aromatic nitrogens is 3. The molecule has 112 valence electrons. The standard InChI is InChI=1S/C16H12F3N3/c1-10-9-20-13(7-12(10)11-5-3-2-4-6-11)14-8-15(22-21-14)16(17,18)19/h2-9H,1H3,(H,21,22). The summed E-state index contributed by atoms with van der Waals surface area (Å²) >= 11 is 0. The van der Waals surface area contributed by atoms with Gasteiger partial charge in [-0.2, -0.15) is 18.3 Å². The summed E-state index contributed by atoms with van der Waals surface area (Å²) in [5.41, 5.74) is 2.53. The summed E-state index contributed by atoms with van der Waals surface area (Å²) in [6.07, 6.45) is -2.81. The molecule has 0 fully saturated rings. The third kappa shape index (κ3) is 2.72. The Morgan fingerprint density at radius 3 is 2.36 bits per heavy atom. The summed E-state index contributed by atoms with van der Waals surface area (Å²) in [5, 5.41) is 5.71. The minimum atomic E-state index is -4.45. The molecular formula is C16H12F3N3. The summed E-state index contributed by atoms with van der Waals surface area (Å²) in [7, 11) is 0. The number of hydrogen-bond acceptors (Lipinski definition) is 2. The van der Waals surface area contributed by atoms with Crippen LogP contribution in [0.5, 0.6) is 0 Å². The van der Waals surface area contributed by atoms with E-state index in [4.69, 9.17) is 0 Å². The van der Waals surface area contributed by atoms with Crippen LogP contribution in [0.4, 0.5) is 13.2 Å². The van der Waals surface area contributed by atoms with Gasteiger partial charge in [-0.15, -0.1) is 0 Å². The van der Waals surface area contributed by atoms with Gasteiger partial charge >= 0.3 is 6.18 Å². The highest BCUT2D eigenvalue weighted by atomic mass is 19.4. The van der Waals surface area contributed by atoms with Crippen molar-refractivity contribution in [2.75, 3.05) is 0 Å². The van der Waals surface area contributed by atoms with E-state index in [9.17, 15) is 13.2 Å². The molecule has 0 spiro atoms.